The third kappa shape index (κ3) is 5.53. The van der Waals surface area contributed by atoms with Gasteiger partial charge in [-0.2, -0.15) is 0 Å². The highest BCUT2D eigenvalue weighted by Gasteiger charge is 2.24. The zero-order chi connectivity index (χ0) is 18.9. The molecule has 0 radical (unpaired) electrons. The number of ketones is 1. The van der Waals surface area contributed by atoms with Crippen molar-refractivity contribution in [1.82, 2.24) is 10.9 Å². The van der Waals surface area contributed by atoms with Crippen molar-refractivity contribution in [2.75, 3.05) is 6.61 Å². The molecule has 0 saturated carbocycles. The Balaban J connectivity index is 2.03. The second kappa shape index (κ2) is 9.48. The average molecular weight is 354 g/mol. The number of benzene rings is 2. The minimum Gasteiger partial charge on any atom is -0.465 e. The second-order valence-electron chi connectivity index (χ2n) is 5.76. The van der Waals surface area contributed by atoms with E-state index < -0.39 is 17.9 Å². The average Bonchev–Trinajstić information content (AvgIpc) is 2.66. The van der Waals surface area contributed by atoms with E-state index in [0.717, 1.165) is 5.56 Å². The standard InChI is InChI=1S/C20H22N2O4/c1-3-26-20(25)17(13-18(23)15-11-9-14(2)10-12-15)21-22-19(24)16-7-5-4-6-8-16/h4-12,17,21H,3,13H2,1-2H3,(H,22,24)/t17-/m1/s1. The summed E-state index contributed by atoms with van der Waals surface area (Å²) in [7, 11) is 0. The van der Waals surface area contributed by atoms with Gasteiger partial charge in [-0.15, -0.1) is 0 Å². The smallest absolute Gasteiger partial charge is 0.325 e. The lowest BCUT2D eigenvalue weighted by Crippen LogP contribution is -2.49. The van der Waals surface area contributed by atoms with Crippen molar-refractivity contribution in [3.63, 3.8) is 0 Å². The highest BCUT2D eigenvalue weighted by Crippen LogP contribution is 2.09. The van der Waals surface area contributed by atoms with Gasteiger partial charge in [0.15, 0.2) is 5.78 Å². The molecule has 0 unspecified atom stereocenters. The number of aryl methyl sites for hydroxylation is 1. The van der Waals surface area contributed by atoms with Gasteiger partial charge in [-0.25, -0.2) is 5.43 Å². The van der Waals surface area contributed by atoms with Crippen LogP contribution in [0.2, 0.25) is 0 Å². The Kier molecular flexibility index (Phi) is 7.05. The third-order valence-corrected chi connectivity index (χ3v) is 3.73. The zero-order valence-corrected chi connectivity index (χ0v) is 14.8. The number of hydrogen-bond donors (Lipinski definition) is 2. The number of amides is 1. The van der Waals surface area contributed by atoms with Gasteiger partial charge in [0.1, 0.15) is 6.04 Å². The Morgan fingerprint density at radius 3 is 2.23 bits per heavy atom. The SMILES string of the molecule is CCOC(=O)[C@@H](CC(=O)c1ccc(C)cc1)NNC(=O)c1ccccc1. The number of hydrazine groups is 1. The van der Waals surface area contributed by atoms with E-state index in [1.165, 1.54) is 0 Å². The van der Waals surface area contributed by atoms with Gasteiger partial charge in [-0.05, 0) is 26.0 Å². The summed E-state index contributed by atoms with van der Waals surface area (Å²) in [5.74, 6) is -1.21. The maximum atomic E-state index is 12.4. The minimum atomic E-state index is -0.976. The maximum absolute atomic E-state index is 12.4. The van der Waals surface area contributed by atoms with Crippen molar-refractivity contribution in [2.24, 2.45) is 0 Å². The molecule has 6 heteroatoms. The van der Waals surface area contributed by atoms with Crippen molar-refractivity contribution in [3.05, 3.63) is 71.3 Å². The molecule has 2 N–H and O–H groups in total. The third-order valence-electron chi connectivity index (χ3n) is 3.73. The first-order valence-electron chi connectivity index (χ1n) is 8.38. The molecule has 26 heavy (non-hydrogen) atoms. The second-order valence-corrected chi connectivity index (χ2v) is 5.76. The van der Waals surface area contributed by atoms with Gasteiger partial charge in [-0.1, -0.05) is 48.0 Å². The first kappa shape index (κ1) is 19.3. The number of carbonyl (C=O) groups is 3. The van der Waals surface area contributed by atoms with Crippen LogP contribution in [0.3, 0.4) is 0 Å². The van der Waals surface area contributed by atoms with Crippen molar-refractivity contribution in [2.45, 2.75) is 26.3 Å². The summed E-state index contributed by atoms with van der Waals surface area (Å²) in [6.45, 7) is 3.79. The Morgan fingerprint density at radius 2 is 1.62 bits per heavy atom. The number of esters is 1. The van der Waals surface area contributed by atoms with Crippen molar-refractivity contribution in [1.29, 1.82) is 0 Å². The molecule has 0 aliphatic carbocycles. The molecule has 1 amide bonds. The fourth-order valence-electron chi connectivity index (χ4n) is 2.29. The largest absolute Gasteiger partial charge is 0.465 e. The van der Waals surface area contributed by atoms with E-state index in [-0.39, 0.29) is 18.8 Å². The van der Waals surface area contributed by atoms with Gasteiger partial charge in [0.2, 0.25) is 0 Å². The van der Waals surface area contributed by atoms with E-state index in [9.17, 15) is 14.4 Å². The number of ether oxygens (including phenoxy) is 1. The Bertz CT molecular complexity index is 757. The van der Waals surface area contributed by atoms with Crippen LogP contribution in [0.15, 0.2) is 54.6 Å². The first-order chi connectivity index (χ1) is 12.5. The molecule has 136 valence electrons. The molecule has 0 aliphatic rings. The molecule has 2 aromatic rings. The van der Waals surface area contributed by atoms with Crippen LogP contribution in [0.25, 0.3) is 0 Å². The van der Waals surface area contributed by atoms with Crippen molar-refractivity contribution < 1.29 is 19.1 Å². The van der Waals surface area contributed by atoms with Gasteiger partial charge >= 0.3 is 5.97 Å². The molecule has 0 heterocycles. The molecule has 0 bridgehead atoms. The molecular weight excluding hydrogens is 332 g/mol. The number of rotatable bonds is 8. The predicted molar refractivity (Wildman–Crippen MR) is 97.6 cm³/mol. The summed E-state index contributed by atoms with van der Waals surface area (Å²) in [4.78, 5) is 36.7. The topological polar surface area (TPSA) is 84.5 Å². The number of Topliss-reactive ketones (excluding diaryl/α,β-unsaturated/α-hetero) is 1. The lowest BCUT2D eigenvalue weighted by Gasteiger charge is -2.17. The predicted octanol–water partition coefficient (Wildman–Crippen LogP) is 2.43. The van der Waals surface area contributed by atoms with Gasteiger partial charge in [0.25, 0.3) is 5.91 Å². The molecule has 2 aromatic carbocycles. The summed E-state index contributed by atoms with van der Waals surface area (Å²) >= 11 is 0. The number of carbonyl (C=O) groups excluding carboxylic acids is 3. The van der Waals surface area contributed by atoms with Gasteiger partial charge in [0.05, 0.1) is 6.61 Å². The summed E-state index contributed by atoms with van der Waals surface area (Å²) in [6.07, 6.45) is -0.128. The van der Waals surface area contributed by atoms with Crippen LogP contribution >= 0.6 is 0 Å². The molecular formula is C20H22N2O4. The van der Waals surface area contributed by atoms with E-state index in [1.807, 2.05) is 19.1 Å². The van der Waals surface area contributed by atoms with E-state index in [0.29, 0.717) is 11.1 Å². The highest BCUT2D eigenvalue weighted by atomic mass is 16.5. The number of nitrogens with one attached hydrogen (secondary N) is 2. The lowest BCUT2D eigenvalue weighted by atomic mass is 10.0. The Morgan fingerprint density at radius 1 is 0.962 bits per heavy atom. The van der Waals surface area contributed by atoms with Crippen LogP contribution in [0.1, 0.15) is 39.6 Å². The fourth-order valence-corrected chi connectivity index (χ4v) is 2.29. The van der Waals surface area contributed by atoms with Crippen molar-refractivity contribution in [3.8, 4) is 0 Å². The molecule has 0 saturated heterocycles. The molecule has 0 aromatic heterocycles. The zero-order valence-electron chi connectivity index (χ0n) is 14.8. The van der Waals surface area contributed by atoms with Crippen LogP contribution in [-0.2, 0) is 9.53 Å². The molecule has 2 rings (SSSR count). The Hall–Kier alpha value is -2.99. The van der Waals surface area contributed by atoms with E-state index >= 15 is 0 Å². The van der Waals surface area contributed by atoms with Crippen LogP contribution < -0.4 is 10.9 Å². The summed E-state index contributed by atoms with van der Waals surface area (Å²) in [5, 5.41) is 0. The van der Waals surface area contributed by atoms with Gasteiger partial charge in [-0.3, -0.25) is 19.8 Å². The van der Waals surface area contributed by atoms with E-state index in [2.05, 4.69) is 10.9 Å². The molecule has 0 fully saturated rings. The molecule has 0 spiro atoms. The summed E-state index contributed by atoms with van der Waals surface area (Å²) in [6, 6.07) is 14.7. The van der Waals surface area contributed by atoms with Gasteiger partial charge < -0.3 is 4.74 Å². The highest BCUT2D eigenvalue weighted by molar-refractivity contribution is 5.99. The number of hydrogen-bond acceptors (Lipinski definition) is 5. The molecule has 6 nitrogen and oxygen atoms in total. The van der Waals surface area contributed by atoms with Crippen LogP contribution in [0.4, 0.5) is 0 Å². The van der Waals surface area contributed by atoms with Gasteiger partial charge in [0, 0.05) is 17.5 Å². The van der Waals surface area contributed by atoms with E-state index in [4.69, 9.17) is 4.74 Å². The summed E-state index contributed by atoms with van der Waals surface area (Å²) in [5.41, 5.74) is 7.06. The molecule has 1 atom stereocenters. The monoisotopic (exact) mass is 354 g/mol. The quantitative estimate of drug-likeness (QED) is 0.432. The Labute approximate surface area is 152 Å². The summed E-state index contributed by atoms with van der Waals surface area (Å²) < 4.78 is 4.99. The van der Waals surface area contributed by atoms with Crippen LogP contribution in [-0.4, -0.2) is 30.3 Å². The first-order valence-corrected chi connectivity index (χ1v) is 8.38. The normalized spacial score (nSPS) is 11.5. The maximum Gasteiger partial charge on any atom is 0.325 e. The lowest BCUT2D eigenvalue weighted by molar-refractivity contribution is -0.145. The van der Waals surface area contributed by atoms with Crippen molar-refractivity contribution >= 4 is 17.7 Å². The minimum absolute atomic E-state index is 0.128. The van der Waals surface area contributed by atoms with Crippen LogP contribution in [0.5, 0.6) is 0 Å². The van der Waals surface area contributed by atoms with E-state index in [1.54, 1.807) is 49.4 Å². The van der Waals surface area contributed by atoms with Crippen LogP contribution in [0, 0.1) is 6.92 Å². The molecule has 0 aliphatic heterocycles. The fraction of sp³-hybridized carbons (Fsp3) is 0.250.